The lowest BCUT2D eigenvalue weighted by atomic mass is 9.85. The second-order valence-corrected chi connectivity index (χ2v) is 5.27. The van der Waals surface area contributed by atoms with Crippen molar-refractivity contribution in [1.29, 1.82) is 0 Å². The van der Waals surface area contributed by atoms with Gasteiger partial charge in [0, 0.05) is 13.2 Å². The molecule has 16 heavy (non-hydrogen) atoms. The van der Waals surface area contributed by atoms with Crippen molar-refractivity contribution in [2.45, 2.75) is 51.6 Å². The first-order chi connectivity index (χ1) is 7.68. The molecule has 1 aliphatic rings. The lowest BCUT2D eigenvalue weighted by molar-refractivity contribution is -0.0832. The van der Waals surface area contributed by atoms with Crippen LogP contribution in [0, 0.1) is 5.92 Å². The minimum Gasteiger partial charge on any atom is -0.379 e. The molecule has 1 fully saturated rings. The summed E-state index contributed by atoms with van der Waals surface area (Å²) in [7, 11) is 0. The molecule has 0 unspecified atom stereocenters. The standard InChI is InChI=1S/C13H27NO2/c1-12(2)10-15-8-9-16-13(11-14)6-4-3-5-7-13/h12H,3-11,14H2,1-2H3. The lowest BCUT2D eigenvalue weighted by Crippen LogP contribution is -2.43. The topological polar surface area (TPSA) is 44.5 Å². The highest BCUT2D eigenvalue weighted by Crippen LogP contribution is 2.30. The fraction of sp³-hybridized carbons (Fsp3) is 1.00. The van der Waals surface area contributed by atoms with E-state index in [0.717, 1.165) is 19.4 Å². The number of hydrogen-bond donors (Lipinski definition) is 1. The summed E-state index contributed by atoms with van der Waals surface area (Å²) in [5.74, 6) is 0.596. The molecule has 3 heteroatoms. The molecule has 0 aromatic carbocycles. The van der Waals surface area contributed by atoms with Gasteiger partial charge in [-0.1, -0.05) is 33.1 Å². The number of ether oxygens (including phenoxy) is 2. The molecular formula is C13H27NO2. The van der Waals surface area contributed by atoms with E-state index in [1.165, 1.54) is 19.3 Å². The Morgan fingerprint density at radius 3 is 2.38 bits per heavy atom. The number of rotatable bonds is 7. The zero-order chi connectivity index (χ0) is 11.9. The van der Waals surface area contributed by atoms with Gasteiger partial charge in [-0.15, -0.1) is 0 Å². The maximum Gasteiger partial charge on any atom is 0.0805 e. The van der Waals surface area contributed by atoms with Crippen molar-refractivity contribution in [3.8, 4) is 0 Å². The van der Waals surface area contributed by atoms with E-state index in [-0.39, 0.29) is 5.60 Å². The van der Waals surface area contributed by atoms with Crippen LogP contribution in [-0.4, -0.2) is 32.0 Å². The van der Waals surface area contributed by atoms with Crippen LogP contribution in [0.2, 0.25) is 0 Å². The van der Waals surface area contributed by atoms with E-state index in [4.69, 9.17) is 15.2 Å². The van der Waals surface area contributed by atoms with Crippen LogP contribution in [-0.2, 0) is 9.47 Å². The highest BCUT2D eigenvalue weighted by atomic mass is 16.5. The van der Waals surface area contributed by atoms with Crippen LogP contribution in [0.5, 0.6) is 0 Å². The Morgan fingerprint density at radius 1 is 1.12 bits per heavy atom. The zero-order valence-corrected chi connectivity index (χ0v) is 10.8. The molecule has 0 saturated heterocycles. The van der Waals surface area contributed by atoms with Crippen LogP contribution >= 0.6 is 0 Å². The summed E-state index contributed by atoms with van der Waals surface area (Å²) in [6.07, 6.45) is 6.07. The van der Waals surface area contributed by atoms with E-state index < -0.39 is 0 Å². The molecule has 96 valence electrons. The second-order valence-electron chi connectivity index (χ2n) is 5.27. The molecule has 0 aliphatic heterocycles. The van der Waals surface area contributed by atoms with Crippen molar-refractivity contribution in [3.05, 3.63) is 0 Å². The zero-order valence-electron chi connectivity index (χ0n) is 10.8. The molecule has 0 bridgehead atoms. The van der Waals surface area contributed by atoms with Gasteiger partial charge in [-0.05, 0) is 18.8 Å². The molecule has 2 N–H and O–H groups in total. The van der Waals surface area contributed by atoms with Gasteiger partial charge in [-0.25, -0.2) is 0 Å². The SMILES string of the molecule is CC(C)COCCOC1(CN)CCCCC1. The van der Waals surface area contributed by atoms with E-state index in [1.807, 2.05) is 0 Å². The van der Waals surface area contributed by atoms with Crippen LogP contribution in [0.4, 0.5) is 0 Å². The Hall–Kier alpha value is -0.120. The average Bonchev–Trinajstić information content (AvgIpc) is 2.29. The van der Waals surface area contributed by atoms with Crippen LogP contribution in [0.25, 0.3) is 0 Å². The molecule has 0 amide bonds. The Morgan fingerprint density at radius 2 is 1.81 bits per heavy atom. The Kier molecular flexibility index (Phi) is 6.32. The van der Waals surface area contributed by atoms with Gasteiger partial charge >= 0.3 is 0 Å². The Bertz CT molecular complexity index is 177. The molecule has 1 rings (SSSR count). The Labute approximate surface area is 99.7 Å². The van der Waals surface area contributed by atoms with Gasteiger partial charge in [0.25, 0.3) is 0 Å². The van der Waals surface area contributed by atoms with Gasteiger partial charge in [-0.3, -0.25) is 0 Å². The third kappa shape index (κ3) is 4.81. The molecule has 0 aromatic heterocycles. The van der Waals surface area contributed by atoms with E-state index in [9.17, 15) is 0 Å². The molecule has 0 heterocycles. The first-order valence-corrected chi connectivity index (χ1v) is 6.60. The van der Waals surface area contributed by atoms with Crippen LogP contribution < -0.4 is 5.73 Å². The molecule has 0 radical (unpaired) electrons. The summed E-state index contributed by atoms with van der Waals surface area (Å²) in [6, 6.07) is 0. The number of nitrogens with two attached hydrogens (primary N) is 1. The van der Waals surface area contributed by atoms with Crippen LogP contribution in [0.3, 0.4) is 0 Å². The van der Waals surface area contributed by atoms with Gasteiger partial charge in [-0.2, -0.15) is 0 Å². The third-order valence-corrected chi connectivity index (χ3v) is 3.22. The summed E-state index contributed by atoms with van der Waals surface area (Å²) in [5, 5.41) is 0. The summed E-state index contributed by atoms with van der Waals surface area (Å²) < 4.78 is 11.5. The van der Waals surface area contributed by atoms with Crippen molar-refractivity contribution in [3.63, 3.8) is 0 Å². The van der Waals surface area contributed by atoms with Crippen molar-refractivity contribution in [2.24, 2.45) is 11.7 Å². The van der Waals surface area contributed by atoms with Crippen molar-refractivity contribution < 1.29 is 9.47 Å². The first kappa shape index (κ1) is 13.9. The summed E-state index contributed by atoms with van der Waals surface area (Å²) in [5.41, 5.74) is 5.79. The number of hydrogen-bond acceptors (Lipinski definition) is 3. The van der Waals surface area contributed by atoms with E-state index >= 15 is 0 Å². The summed E-state index contributed by atoms with van der Waals surface area (Å²) >= 11 is 0. The van der Waals surface area contributed by atoms with E-state index in [0.29, 0.717) is 25.7 Å². The summed E-state index contributed by atoms with van der Waals surface area (Å²) in [4.78, 5) is 0. The van der Waals surface area contributed by atoms with Crippen LogP contribution in [0.1, 0.15) is 46.0 Å². The van der Waals surface area contributed by atoms with Gasteiger partial charge in [0.15, 0.2) is 0 Å². The smallest absolute Gasteiger partial charge is 0.0805 e. The van der Waals surface area contributed by atoms with Gasteiger partial charge in [0.05, 0.1) is 18.8 Å². The Balaban J connectivity index is 2.13. The maximum absolute atomic E-state index is 5.95. The first-order valence-electron chi connectivity index (χ1n) is 6.60. The third-order valence-electron chi connectivity index (χ3n) is 3.22. The van der Waals surface area contributed by atoms with E-state index in [2.05, 4.69) is 13.8 Å². The highest BCUT2D eigenvalue weighted by molar-refractivity contribution is 4.85. The summed E-state index contributed by atoms with van der Waals surface area (Å²) in [6.45, 7) is 7.16. The van der Waals surface area contributed by atoms with Gasteiger partial charge < -0.3 is 15.2 Å². The van der Waals surface area contributed by atoms with Crippen molar-refractivity contribution in [2.75, 3.05) is 26.4 Å². The lowest BCUT2D eigenvalue weighted by Gasteiger charge is -2.36. The second kappa shape index (κ2) is 7.25. The molecular weight excluding hydrogens is 202 g/mol. The molecule has 0 spiro atoms. The van der Waals surface area contributed by atoms with Crippen molar-refractivity contribution in [1.82, 2.24) is 0 Å². The molecule has 1 saturated carbocycles. The fourth-order valence-electron chi connectivity index (χ4n) is 2.24. The van der Waals surface area contributed by atoms with Gasteiger partial charge in [0.1, 0.15) is 0 Å². The molecule has 3 nitrogen and oxygen atoms in total. The molecule has 0 aromatic rings. The molecule has 1 aliphatic carbocycles. The molecule has 0 atom stereocenters. The maximum atomic E-state index is 5.95. The van der Waals surface area contributed by atoms with Gasteiger partial charge in [0.2, 0.25) is 0 Å². The minimum absolute atomic E-state index is 0.0422. The largest absolute Gasteiger partial charge is 0.379 e. The predicted molar refractivity (Wildman–Crippen MR) is 66.5 cm³/mol. The fourth-order valence-corrected chi connectivity index (χ4v) is 2.24. The monoisotopic (exact) mass is 229 g/mol. The minimum atomic E-state index is -0.0422. The quantitative estimate of drug-likeness (QED) is 0.681. The average molecular weight is 229 g/mol. The van der Waals surface area contributed by atoms with Crippen LogP contribution in [0.15, 0.2) is 0 Å². The van der Waals surface area contributed by atoms with E-state index in [1.54, 1.807) is 0 Å². The normalized spacial score (nSPS) is 20.2. The highest BCUT2D eigenvalue weighted by Gasteiger charge is 2.31. The van der Waals surface area contributed by atoms with Crippen molar-refractivity contribution >= 4 is 0 Å². The predicted octanol–water partition coefficient (Wildman–Crippen LogP) is 2.34.